The first-order valence-corrected chi connectivity index (χ1v) is 12.7. The maximum atomic E-state index is 12.2. The van der Waals surface area contributed by atoms with Gasteiger partial charge in [0.2, 0.25) is 5.95 Å². The van der Waals surface area contributed by atoms with Crippen molar-refractivity contribution in [3.05, 3.63) is 52.2 Å². The van der Waals surface area contributed by atoms with E-state index >= 15 is 0 Å². The van der Waals surface area contributed by atoms with Crippen LogP contribution in [-0.4, -0.2) is 65.3 Å². The fourth-order valence-electron chi connectivity index (χ4n) is 3.70. The van der Waals surface area contributed by atoms with Crippen molar-refractivity contribution >= 4 is 33.3 Å². The first-order chi connectivity index (χ1) is 16.1. The summed E-state index contributed by atoms with van der Waals surface area (Å²) in [5, 5.41) is 0.524. The van der Waals surface area contributed by atoms with E-state index in [2.05, 4.69) is 26.8 Å². The minimum atomic E-state index is -2.95. The van der Waals surface area contributed by atoms with Gasteiger partial charge in [-0.05, 0) is 30.7 Å². The third kappa shape index (κ3) is 5.22. The molecule has 5 N–H and O–H groups in total. The second-order valence-electron chi connectivity index (χ2n) is 8.02. The molecule has 1 fully saturated rings. The van der Waals surface area contributed by atoms with Gasteiger partial charge in [0.15, 0.2) is 9.84 Å². The highest BCUT2D eigenvalue weighted by Gasteiger charge is 2.21. The quantitative estimate of drug-likeness (QED) is 0.465. The molecular weight excluding hydrogens is 476 g/mol. The van der Waals surface area contributed by atoms with Crippen LogP contribution in [0.1, 0.15) is 21.5 Å². The summed E-state index contributed by atoms with van der Waals surface area (Å²) >= 11 is 6.18. The molecule has 0 spiro atoms. The minimum Gasteiger partial charge on any atom is -0.368 e. The smallest absolute Gasteiger partial charge is 0.250 e. The van der Waals surface area contributed by atoms with Crippen molar-refractivity contribution in [1.82, 2.24) is 19.9 Å². The van der Waals surface area contributed by atoms with Gasteiger partial charge >= 0.3 is 0 Å². The Morgan fingerprint density at radius 2 is 2.00 bits per heavy atom. The lowest BCUT2D eigenvalue weighted by Gasteiger charge is -2.24. The number of aryl methyl sites for hydroxylation is 1. The number of rotatable bonds is 4. The molecular formula is C23H23ClN6O3S. The molecule has 3 heterocycles. The largest absolute Gasteiger partial charge is 0.368 e. The van der Waals surface area contributed by atoms with Crippen molar-refractivity contribution in [3.63, 3.8) is 0 Å². The van der Waals surface area contributed by atoms with Crippen LogP contribution in [0.2, 0.25) is 5.02 Å². The molecule has 11 heteroatoms. The van der Waals surface area contributed by atoms with Crippen molar-refractivity contribution in [2.24, 2.45) is 5.73 Å². The van der Waals surface area contributed by atoms with E-state index in [0.29, 0.717) is 47.3 Å². The fraction of sp³-hybridized carbons (Fsp3) is 0.261. The number of aromatic amines is 1. The number of hydrogen-bond donors (Lipinski definition) is 3. The number of anilines is 1. The first-order valence-electron chi connectivity index (χ1n) is 10.5. The van der Waals surface area contributed by atoms with Crippen LogP contribution in [0, 0.1) is 18.8 Å². The molecule has 0 unspecified atom stereocenters. The van der Waals surface area contributed by atoms with E-state index in [1.807, 2.05) is 17.9 Å². The maximum Gasteiger partial charge on any atom is 0.250 e. The molecule has 0 bridgehead atoms. The number of primary amides is 1. The summed E-state index contributed by atoms with van der Waals surface area (Å²) in [6.45, 7) is 3.21. The van der Waals surface area contributed by atoms with Gasteiger partial charge in [-0.2, -0.15) is 0 Å². The standard InChI is InChI=1S/C23H23ClN6O3S/c1-14-4-5-16(24)11-17(14)21-18(22(25)31)12-19(28-21)20-15(13-27-23(26)29-20)3-2-6-30-7-9-34(32,33)10-8-30/h4-5,11-13,28H,6-10H2,1H3,(H2,25,31)(H2,26,27,29). The van der Waals surface area contributed by atoms with E-state index in [0.717, 1.165) is 11.1 Å². The molecule has 4 rings (SSSR count). The molecule has 9 nitrogen and oxygen atoms in total. The van der Waals surface area contributed by atoms with Crippen molar-refractivity contribution in [1.29, 1.82) is 0 Å². The van der Waals surface area contributed by atoms with Crippen LogP contribution in [0.4, 0.5) is 5.95 Å². The van der Waals surface area contributed by atoms with E-state index < -0.39 is 15.7 Å². The summed E-state index contributed by atoms with van der Waals surface area (Å²) in [7, 11) is -2.95. The number of halogens is 1. The number of nitrogens with two attached hydrogens (primary N) is 2. The summed E-state index contributed by atoms with van der Waals surface area (Å²) in [5.41, 5.74) is 15.4. The Hall–Kier alpha value is -3.39. The molecule has 0 saturated carbocycles. The van der Waals surface area contributed by atoms with Gasteiger partial charge in [-0.1, -0.05) is 29.5 Å². The normalized spacial score (nSPS) is 15.5. The van der Waals surface area contributed by atoms with Crippen molar-refractivity contribution in [2.45, 2.75) is 6.92 Å². The number of amides is 1. The lowest BCUT2D eigenvalue weighted by atomic mass is 10.0. The van der Waals surface area contributed by atoms with Gasteiger partial charge < -0.3 is 16.5 Å². The molecule has 1 saturated heterocycles. The van der Waals surface area contributed by atoms with Gasteiger partial charge in [-0.25, -0.2) is 18.4 Å². The van der Waals surface area contributed by atoms with E-state index in [1.165, 1.54) is 6.20 Å². The van der Waals surface area contributed by atoms with Crippen LogP contribution in [0.3, 0.4) is 0 Å². The predicted octanol–water partition coefficient (Wildman–Crippen LogP) is 1.86. The molecule has 0 aliphatic carbocycles. The number of sulfone groups is 1. The second-order valence-corrected chi connectivity index (χ2v) is 10.8. The molecule has 176 valence electrons. The van der Waals surface area contributed by atoms with Gasteiger partial charge in [0.05, 0.1) is 40.6 Å². The highest BCUT2D eigenvalue weighted by atomic mass is 35.5. The summed E-state index contributed by atoms with van der Waals surface area (Å²) in [5.74, 6) is 5.82. The van der Waals surface area contributed by atoms with Crippen LogP contribution in [0.5, 0.6) is 0 Å². The molecule has 2 aromatic heterocycles. The number of nitrogens with zero attached hydrogens (tertiary/aromatic N) is 3. The highest BCUT2D eigenvalue weighted by Crippen LogP contribution is 2.32. The van der Waals surface area contributed by atoms with Crippen LogP contribution in [0.25, 0.3) is 22.6 Å². The van der Waals surface area contributed by atoms with Crippen LogP contribution < -0.4 is 11.5 Å². The van der Waals surface area contributed by atoms with E-state index in [4.69, 9.17) is 23.1 Å². The Bertz CT molecular complexity index is 1420. The first kappa shape index (κ1) is 23.8. The summed E-state index contributed by atoms with van der Waals surface area (Å²) in [6, 6.07) is 6.99. The average molecular weight is 499 g/mol. The zero-order chi connectivity index (χ0) is 24.5. The SMILES string of the molecule is Cc1ccc(Cl)cc1-c1[nH]c(-c2nc(N)ncc2C#CCN2CCS(=O)(=O)CC2)cc1C(N)=O. The molecule has 1 aromatic carbocycles. The number of hydrogen-bond acceptors (Lipinski definition) is 7. The van der Waals surface area contributed by atoms with E-state index in [-0.39, 0.29) is 23.0 Å². The molecule has 34 heavy (non-hydrogen) atoms. The second kappa shape index (κ2) is 9.46. The fourth-order valence-corrected chi connectivity index (χ4v) is 5.15. The lowest BCUT2D eigenvalue weighted by molar-refractivity contribution is 0.100. The van der Waals surface area contributed by atoms with Gasteiger partial charge in [0.1, 0.15) is 5.69 Å². The van der Waals surface area contributed by atoms with Crippen molar-refractivity contribution in [3.8, 4) is 34.5 Å². The zero-order valence-corrected chi connectivity index (χ0v) is 20.0. The Morgan fingerprint density at radius 1 is 1.26 bits per heavy atom. The van der Waals surface area contributed by atoms with E-state index in [9.17, 15) is 13.2 Å². The average Bonchev–Trinajstić information content (AvgIpc) is 3.23. The third-order valence-corrected chi connectivity index (χ3v) is 7.42. The molecule has 3 aromatic rings. The van der Waals surface area contributed by atoms with Gasteiger partial charge in [-0.15, -0.1) is 0 Å². The Labute approximate surface area is 202 Å². The van der Waals surface area contributed by atoms with E-state index in [1.54, 1.807) is 18.2 Å². The van der Waals surface area contributed by atoms with Gasteiger partial charge in [-0.3, -0.25) is 9.69 Å². The van der Waals surface area contributed by atoms with Crippen LogP contribution >= 0.6 is 11.6 Å². The number of carbonyl (C=O) groups excluding carboxylic acids is 1. The molecule has 1 amide bonds. The Balaban J connectivity index is 1.70. The Morgan fingerprint density at radius 3 is 2.71 bits per heavy atom. The predicted molar refractivity (Wildman–Crippen MR) is 132 cm³/mol. The summed E-state index contributed by atoms with van der Waals surface area (Å²) in [6.07, 6.45) is 1.51. The number of carbonyl (C=O) groups is 1. The number of aromatic nitrogens is 3. The number of nitrogens with one attached hydrogen (secondary N) is 1. The zero-order valence-electron chi connectivity index (χ0n) is 18.4. The number of H-pyrrole nitrogens is 1. The number of nitrogen functional groups attached to an aromatic ring is 1. The van der Waals surface area contributed by atoms with Crippen LogP contribution in [-0.2, 0) is 9.84 Å². The van der Waals surface area contributed by atoms with Gasteiger partial charge in [0.25, 0.3) is 5.91 Å². The van der Waals surface area contributed by atoms with Crippen molar-refractivity contribution in [2.75, 3.05) is 36.9 Å². The Kier molecular flexibility index (Phi) is 6.61. The minimum absolute atomic E-state index is 0.0532. The molecule has 0 radical (unpaired) electrons. The van der Waals surface area contributed by atoms with Crippen molar-refractivity contribution < 1.29 is 13.2 Å². The summed E-state index contributed by atoms with van der Waals surface area (Å²) in [4.78, 5) is 25.8. The third-order valence-electron chi connectivity index (χ3n) is 5.58. The maximum absolute atomic E-state index is 12.2. The number of benzene rings is 1. The molecule has 1 aliphatic rings. The lowest BCUT2D eigenvalue weighted by Crippen LogP contribution is -2.40. The highest BCUT2D eigenvalue weighted by molar-refractivity contribution is 7.91. The topological polar surface area (TPSA) is 148 Å². The molecule has 0 atom stereocenters. The monoisotopic (exact) mass is 498 g/mol. The molecule has 1 aliphatic heterocycles. The van der Waals surface area contributed by atoms with Crippen LogP contribution in [0.15, 0.2) is 30.5 Å². The van der Waals surface area contributed by atoms with Gasteiger partial charge in [0, 0.05) is 29.9 Å². The summed E-state index contributed by atoms with van der Waals surface area (Å²) < 4.78 is 23.2.